The molecule has 0 spiro atoms. The molecule has 0 aliphatic carbocycles. The van der Waals surface area contributed by atoms with Gasteiger partial charge in [-0.1, -0.05) is 34.4 Å². The lowest BCUT2D eigenvalue weighted by atomic mass is 9.88. The van der Waals surface area contributed by atoms with Gasteiger partial charge >= 0.3 is 0 Å². The fourth-order valence-electron chi connectivity index (χ4n) is 3.72. The average Bonchev–Trinajstić information content (AvgIpc) is 3.31. The zero-order chi connectivity index (χ0) is 20.6. The molecule has 4 rings (SSSR count). The molecule has 29 heavy (non-hydrogen) atoms. The number of rotatable bonds is 4. The Kier molecular flexibility index (Phi) is 5.56. The van der Waals surface area contributed by atoms with E-state index in [4.69, 9.17) is 32.8 Å². The van der Waals surface area contributed by atoms with E-state index in [0.717, 1.165) is 28.8 Å². The van der Waals surface area contributed by atoms with Gasteiger partial charge in [0.05, 0.1) is 18.4 Å². The van der Waals surface area contributed by atoms with Crippen LogP contribution in [0.1, 0.15) is 46.8 Å². The second-order valence-electron chi connectivity index (χ2n) is 7.76. The molecule has 2 aliphatic rings. The summed E-state index contributed by atoms with van der Waals surface area (Å²) in [5.41, 5.74) is 3.53. The molecule has 1 fully saturated rings. The van der Waals surface area contributed by atoms with Gasteiger partial charge in [-0.2, -0.15) is 0 Å². The first-order valence-corrected chi connectivity index (χ1v) is 10.3. The molecule has 2 aromatic carbocycles. The van der Waals surface area contributed by atoms with Gasteiger partial charge in [-0.3, -0.25) is 4.79 Å². The first-order valence-electron chi connectivity index (χ1n) is 9.55. The van der Waals surface area contributed by atoms with Gasteiger partial charge in [-0.25, -0.2) is 0 Å². The lowest BCUT2D eigenvalue weighted by Gasteiger charge is -2.22. The number of oxime groups is 1. The summed E-state index contributed by atoms with van der Waals surface area (Å²) in [6.07, 6.45) is 1.43. The summed E-state index contributed by atoms with van der Waals surface area (Å²) in [4.78, 5) is 18.3. The molecular formula is C22H22Cl2N2O3. The molecule has 2 aromatic rings. The van der Waals surface area contributed by atoms with E-state index >= 15 is 0 Å². The van der Waals surface area contributed by atoms with Crippen LogP contribution in [0.4, 0.5) is 0 Å². The normalized spacial score (nSPS) is 23.6. The third-order valence-corrected chi connectivity index (χ3v) is 5.84. The van der Waals surface area contributed by atoms with Crippen LogP contribution in [0.2, 0.25) is 10.0 Å². The summed E-state index contributed by atoms with van der Waals surface area (Å²) in [5, 5.41) is 8.45. The Balaban J connectivity index is 1.50. The van der Waals surface area contributed by atoms with Crippen molar-refractivity contribution in [3.05, 3.63) is 68.7 Å². The highest BCUT2D eigenvalue weighted by molar-refractivity contribution is 6.34. The maximum absolute atomic E-state index is 12.6. The summed E-state index contributed by atoms with van der Waals surface area (Å²) in [6.45, 7) is 5.15. The van der Waals surface area contributed by atoms with Crippen molar-refractivity contribution in [3.8, 4) is 0 Å². The Morgan fingerprint density at radius 2 is 1.97 bits per heavy atom. The van der Waals surface area contributed by atoms with Crippen molar-refractivity contribution in [2.75, 3.05) is 13.2 Å². The lowest BCUT2D eigenvalue weighted by Crippen LogP contribution is -2.35. The largest absolute Gasteiger partial charge is 0.384 e. The molecule has 0 radical (unpaired) electrons. The zero-order valence-electron chi connectivity index (χ0n) is 16.3. The summed E-state index contributed by atoms with van der Waals surface area (Å²) >= 11 is 12.3. The molecule has 0 bridgehead atoms. The van der Waals surface area contributed by atoms with E-state index in [1.807, 2.05) is 44.2 Å². The van der Waals surface area contributed by atoms with E-state index in [1.165, 1.54) is 0 Å². The van der Waals surface area contributed by atoms with E-state index in [0.29, 0.717) is 35.2 Å². The molecule has 5 nitrogen and oxygen atoms in total. The van der Waals surface area contributed by atoms with Gasteiger partial charge in [0.15, 0.2) is 5.60 Å². The molecule has 0 saturated carbocycles. The van der Waals surface area contributed by atoms with Crippen LogP contribution in [0.15, 0.2) is 41.6 Å². The summed E-state index contributed by atoms with van der Waals surface area (Å²) in [7, 11) is 0. The van der Waals surface area contributed by atoms with Crippen molar-refractivity contribution in [1.29, 1.82) is 0 Å². The third kappa shape index (κ3) is 4.27. The number of nitrogens with one attached hydrogen (secondary N) is 1. The Hall–Kier alpha value is -2.08. The van der Waals surface area contributed by atoms with Crippen molar-refractivity contribution in [3.63, 3.8) is 0 Å². The van der Waals surface area contributed by atoms with Crippen LogP contribution in [-0.2, 0) is 15.2 Å². The number of aryl methyl sites for hydroxylation is 1. The van der Waals surface area contributed by atoms with Crippen LogP contribution in [0, 0.1) is 6.92 Å². The molecule has 1 N–H and O–H groups in total. The topological polar surface area (TPSA) is 59.9 Å². The SMILES string of the molecule is Cc1cc(C2=NOC(C)(c3cc(Cl)cc(Cl)c3)C2)ccc1C(=O)N[C@@H]1CCOC1. The van der Waals surface area contributed by atoms with Crippen molar-refractivity contribution >= 4 is 34.8 Å². The van der Waals surface area contributed by atoms with E-state index in [9.17, 15) is 4.79 Å². The lowest BCUT2D eigenvalue weighted by molar-refractivity contribution is -0.00737. The monoisotopic (exact) mass is 432 g/mol. The molecule has 2 heterocycles. The number of amides is 1. The minimum Gasteiger partial charge on any atom is -0.384 e. The Morgan fingerprint density at radius 3 is 2.62 bits per heavy atom. The van der Waals surface area contributed by atoms with E-state index in [-0.39, 0.29) is 11.9 Å². The Morgan fingerprint density at radius 1 is 1.21 bits per heavy atom. The number of benzene rings is 2. The number of nitrogens with zero attached hydrogens (tertiary/aromatic N) is 1. The molecule has 2 atom stereocenters. The van der Waals surface area contributed by atoms with Crippen LogP contribution in [0.25, 0.3) is 0 Å². The summed E-state index contributed by atoms with van der Waals surface area (Å²) < 4.78 is 5.32. The first kappa shape index (κ1) is 20.2. The number of carbonyl (C=O) groups is 1. The van der Waals surface area contributed by atoms with Gasteiger partial charge in [-0.15, -0.1) is 0 Å². The highest BCUT2D eigenvalue weighted by Gasteiger charge is 2.37. The standard InChI is InChI=1S/C22H22Cl2N2O3/c1-13-7-14(3-4-19(13)21(27)25-18-5-6-28-12-18)20-11-22(2,29-26-20)15-8-16(23)10-17(24)9-15/h3-4,7-10,18H,5-6,11-12H2,1-2H3,(H,25,27)/t18-,22?/m1/s1. The van der Waals surface area contributed by atoms with Crippen molar-refractivity contribution in [1.82, 2.24) is 5.32 Å². The fraction of sp³-hybridized carbons (Fsp3) is 0.364. The van der Waals surface area contributed by atoms with Gasteiger partial charge in [0.25, 0.3) is 5.91 Å². The van der Waals surface area contributed by atoms with Gasteiger partial charge < -0.3 is 14.9 Å². The second kappa shape index (κ2) is 7.98. The quantitative estimate of drug-likeness (QED) is 0.749. The molecule has 1 saturated heterocycles. The maximum Gasteiger partial charge on any atom is 0.251 e. The number of carbonyl (C=O) groups excluding carboxylic acids is 1. The van der Waals surface area contributed by atoms with Gasteiger partial charge in [-0.05, 0) is 61.7 Å². The first-order chi connectivity index (χ1) is 13.8. The molecule has 0 aromatic heterocycles. The highest BCUT2D eigenvalue weighted by atomic mass is 35.5. The average molecular weight is 433 g/mol. The molecule has 2 aliphatic heterocycles. The van der Waals surface area contributed by atoms with Crippen LogP contribution < -0.4 is 5.32 Å². The van der Waals surface area contributed by atoms with Crippen molar-refractivity contribution < 1.29 is 14.4 Å². The number of halogens is 2. The minimum atomic E-state index is -0.643. The predicted octanol–water partition coefficient (Wildman–Crippen LogP) is 4.86. The molecular weight excluding hydrogens is 411 g/mol. The van der Waals surface area contributed by atoms with E-state index < -0.39 is 5.60 Å². The molecule has 152 valence electrons. The minimum absolute atomic E-state index is 0.0763. The fourth-order valence-corrected chi connectivity index (χ4v) is 4.24. The maximum atomic E-state index is 12.6. The third-order valence-electron chi connectivity index (χ3n) is 5.40. The number of hydrogen-bond acceptors (Lipinski definition) is 4. The Bertz CT molecular complexity index is 966. The van der Waals surface area contributed by atoms with Crippen LogP contribution in [0.3, 0.4) is 0 Å². The highest BCUT2D eigenvalue weighted by Crippen LogP contribution is 2.38. The van der Waals surface area contributed by atoms with Gasteiger partial charge in [0.1, 0.15) is 0 Å². The molecule has 1 unspecified atom stereocenters. The second-order valence-corrected chi connectivity index (χ2v) is 8.63. The number of ether oxygens (including phenoxy) is 1. The zero-order valence-corrected chi connectivity index (χ0v) is 17.8. The number of hydrogen-bond donors (Lipinski definition) is 1. The van der Waals surface area contributed by atoms with Gasteiger partial charge in [0.2, 0.25) is 0 Å². The summed E-state index contributed by atoms with van der Waals surface area (Å²) in [5.74, 6) is -0.0763. The summed E-state index contributed by atoms with van der Waals surface area (Å²) in [6, 6.07) is 11.2. The predicted molar refractivity (Wildman–Crippen MR) is 114 cm³/mol. The van der Waals surface area contributed by atoms with E-state index in [2.05, 4.69) is 10.5 Å². The smallest absolute Gasteiger partial charge is 0.251 e. The Labute approximate surface area is 180 Å². The van der Waals surface area contributed by atoms with Crippen LogP contribution >= 0.6 is 23.2 Å². The van der Waals surface area contributed by atoms with E-state index in [1.54, 1.807) is 6.07 Å². The van der Waals surface area contributed by atoms with Gasteiger partial charge in [0, 0.05) is 34.2 Å². The molecule has 1 amide bonds. The van der Waals surface area contributed by atoms with Crippen LogP contribution in [0.5, 0.6) is 0 Å². The van der Waals surface area contributed by atoms with Crippen molar-refractivity contribution in [2.24, 2.45) is 5.16 Å². The van der Waals surface area contributed by atoms with Crippen molar-refractivity contribution in [2.45, 2.75) is 38.3 Å². The molecule has 7 heteroatoms. The van der Waals surface area contributed by atoms with Crippen LogP contribution in [-0.4, -0.2) is 30.9 Å².